The third kappa shape index (κ3) is 2.25. The summed E-state index contributed by atoms with van der Waals surface area (Å²) in [6, 6.07) is 14.5. The van der Waals surface area contributed by atoms with Crippen molar-refractivity contribution in [1.82, 2.24) is 0 Å². The Morgan fingerprint density at radius 1 is 0.950 bits per heavy atom. The third-order valence-electron chi connectivity index (χ3n) is 3.32. The van der Waals surface area contributed by atoms with Crippen molar-refractivity contribution in [3.8, 4) is 0 Å². The first-order valence-corrected chi connectivity index (χ1v) is 6.32. The highest BCUT2D eigenvalue weighted by Gasteiger charge is 2.33. The van der Waals surface area contributed by atoms with Gasteiger partial charge in [0.1, 0.15) is 6.10 Å². The SMILES string of the molecule is Nc1ccc(C2CN(c3ccc(N)cc3)C(=O)O2)cc1. The molecule has 0 spiro atoms. The lowest BCUT2D eigenvalue weighted by Crippen LogP contribution is -2.23. The van der Waals surface area contributed by atoms with Crippen LogP contribution in [-0.4, -0.2) is 12.6 Å². The van der Waals surface area contributed by atoms with Crippen LogP contribution in [0.15, 0.2) is 48.5 Å². The molecule has 0 aromatic heterocycles. The summed E-state index contributed by atoms with van der Waals surface area (Å²) in [4.78, 5) is 13.6. The van der Waals surface area contributed by atoms with Gasteiger partial charge in [0.15, 0.2) is 0 Å². The number of hydrogen-bond acceptors (Lipinski definition) is 4. The molecular formula is C15H15N3O2. The number of cyclic esters (lactones) is 1. The molecule has 1 atom stereocenters. The quantitative estimate of drug-likeness (QED) is 0.821. The summed E-state index contributed by atoms with van der Waals surface area (Å²) < 4.78 is 5.40. The number of carbonyl (C=O) groups is 1. The van der Waals surface area contributed by atoms with E-state index in [0.717, 1.165) is 11.3 Å². The fourth-order valence-electron chi connectivity index (χ4n) is 2.21. The van der Waals surface area contributed by atoms with Gasteiger partial charge in [0.2, 0.25) is 0 Å². The van der Waals surface area contributed by atoms with Gasteiger partial charge >= 0.3 is 6.09 Å². The van der Waals surface area contributed by atoms with Crippen LogP contribution in [0.1, 0.15) is 11.7 Å². The Balaban J connectivity index is 1.81. The lowest BCUT2D eigenvalue weighted by molar-refractivity contribution is 0.142. The van der Waals surface area contributed by atoms with Crippen LogP contribution in [0.4, 0.5) is 21.9 Å². The second-order valence-corrected chi connectivity index (χ2v) is 4.74. The summed E-state index contributed by atoms with van der Waals surface area (Å²) >= 11 is 0. The zero-order valence-electron chi connectivity index (χ0n) is 10.8. The second-order valence-electron chi connectivity index (χ2n) is 4.74. The number of nitrogens with two attached hydrogens (primary N) is 2. The van der Waals surface area contributed by atoms with E-state index in [-0.39, 0.29) is 12.2 Å². The number of hydrogen-bond donors (Lipinski definition) is 2. The average Bonchev–Trinajstić information content (AvgIpc) is 2.82. The molecule has 5 heteroatoms. The monoisotopic (exact) mass is 269 g/mol. The number of ether oxygens (including phenoxy) is 1. The highest BCUT2D eigenvalue weighted by atomic mass is 16.6. The van der Waals surface area contributed by atoms with E-state index in [0.29, 0.717) is 17.9 Å². The number of amides is 1. The minimum Gasteiger partial charge on any atom is -0.439 e. The second kappa shape index (κ2) is 4.77. The van der Waals surface area contributed by atoms with Crippen LogP contribution in [0.25, 0.3) is 0 Å². The third-order valence-corrected chi connectivity index (χ3v) is 3.32. The number of carbonyl (C=O) groups excluding carboxylic acids is 1. The molecule has 4 N–H and O–H groups in total. The smallest absolute Gasteiger partial charge is 0.415 e. The number of benzene rings is 2. The zero-order chi connectivity index (χ0) is 14.1. The molecule has 1 heterocycles. The molecular weight excluding hydrogens is 254 g/mol. The molecule has 1 aliphatic rings. The normalized spacial score (nSPS) is 18.1. The molecule has 1 saturated heterocycles. The summed E-state index contributed by atoms with van der Waals surface area (Å²) in [7, 11) is 0. The minimum absolute atomic E-state index is 0.277. The van der Waals surface area contributed by atoms with Gasteiger partial charge in [-0.05, 0) is 42.0 Å². The van der Waals surface area contributed by atoms with Crippen LogP contribution >= 0.6 is 0 Å². The van der Waals surface area contributed by atoms with Crippen LogP contribution in [0.3, 0.4) is 0 Å². The topological polar surface area (TPSA) is 81.6 Å². The van der Waals surface area contributed by atoms with Gasteiger partial charge in [0.05, 0.1) is 6.54 Å². The first-order chi connectivity index (χ1) is 9.63. The van der Waals surface area contributed by atoms with Crippen molar-refractivity contribution in [3.63, 3.8) is 0 Å². The molecule has 1 fully saturated rings. The van der Waals surface area contributed by atoms with Crippen LogP contribution in [0.2, 0.25) is 0 Å². The van der Waals surface area contributed by atoms with Crippen molar-refractivity contribution < 1.29 is 9.53 Å². The summed E-state index contributed by atoms with van der Waals surface area (Å²) in [5.41, 5.74) is 14.4. The number of nitrogens with zero attached hydrogens (tertiary/aromatic N) is 1. The van der Waals surface area contributed by atoms with Crippen molar-refractivity contribution in [1.29, 1.82) is 0 Å². The highest BCUT2D eigenvalue weighted by Crippen LogP contribution is 2.30. The van der Waals surface area contributed by atoms with Gasteiger partial charge in [-0.15, -0.1) is 0 Å². The first kappa shape index (κ1) is 12.3. The molecule has 1 unspecified atom stereocenters. The van der Waals surface area contributed by atoms with Gasteiger partial charge in [-0.25, -0.2) is 4.79 Å². The van der Waals surface area contributed by atoms with E-state index in [1.165, 1.54) is 0 Å². The molecule has 2 aromatic rings. The van der Waals surface area contributed by atoms with Crippen LogP contribution in [0.5, 0.6) is 0 Å². The number of anilines is 3. The Morgan fingerprint density at radius 2 is 1.50 bits per heavy atom. The summed E-state index contributed by atoms with van der Waals surface area (Å²) in [6.07, 6.45) is -0.628. The zero-order valence-corrected chi connectivity index (χ0v) is 10.8. The fourth-order valence-corrected chi connectivity index (χ4v) is 2.21. The van der Waals surface area contributed by atoms with Crippen molar-refractivity contribution >= 4 is 23.2 Å². The molecule has 0 aliphatic carbocycles. The molecule has 20 heavy (non-hydrogen) atoms. The Bertz CT molecular complexity index is 623. The van der Waals surface area contributed by atoms with Crippen molar-refractivity contribution in [2.75, 3.05) is 22.9 Å². The van der Waals surface area contributed by atoms with E-state index < -0.39 is 0 Å². The minimum atomic E-state index is -0.350. The number of nitrogen functional groups attached to an aromatic ring is 2. The molecule has 2 aromatic carbocycles. The maximum absolute atomic E-state index is 12.0. The molecule has 3 rings (SSSR count). The van der Waals surface area contributed by atoms with Gasteiger partial charge in [-0.3, -0.25) is 4.90 Å². The van der Waals surface area contributed by atoms with Crippen LogP contribution < -0.4 is 16.4 Å². The standard InChI is InChI=1S/C15H15N3O2/c16-11-3-1-10(2-4-11)14-9-18(15(19)20-14)13-7-5-12(17)6-8-13/h1-8,14H,9,16-17H2. The van der Waals surface area contributed by atoms with Gasteiger partial charge in [-0.1, -0.05) is 12.1 Å². The lowest BCUT2D eigenvalue weighted by Gasteiger charge is -2.13. The van der Waals surface area contributed by atoms with Crippen molar-refractivity contribution in [2.24, 2.45) is 0 Å². The van der Waals surface area contributed by atoms with Crippen molar-refractivity contribution in [2.45, 2.75) is 6.10 Å². The summed E-state index contributed by atoms with van der Waals surface area (Å²) in [5.74, 6) is 0. The van der Waals surface area contributed by atoms with Gasteiger partial charge in [0.25, 0.3) is 0 Å². The molecule has 1 amide bonds. The van der Waals surface area contributed by atoms with Gasteiger partial charge < -0.3 is 16.2 Å². The molecule has 5 nitrogen and oxygen atoms in total. The maximum atomic E-state index is 12.0. The van der Waals surface area contributed by atoms with E-state index in [2.05, 4.69) is 0 Å². The molecule has 0 bridgehead atoms. The Labute approximate surface area is 116 Å². The lowest BCUT2D eigenvalue weighted by atomic mass is 10.1. The van der Waals surface area contributed by atoms with E-state index in [1.54, 1.807) is 29.2 Å². The van der Waals surface area contributed by atoms with Gasteiger partial charge in [-0.2, -0.15) is 0 Å². The maximum Gasteiger partial charge on any atom is 0.415 e. The van der Waals surface area contributed by atoms with E-state index in [4.69, 9.17) is 16.2 Å². The van der Waals surface area contributed by atoms with Crippen molar-refractivity contribution in [3.05, 3.63) is 54.1 Å². The van der Waals surface area contributed by atoms with Gasteiger partial charge in [0, 0.05) is 17.1 Å². The molecule has 1 aliphatic heterocycles. The largest absolute Gasteiger partial charge is 0.439 e. The Hall–Kier alpha value is -2.69. The highest BCUT2D eigenvalue weighted by molar-refractivity contribution is 5.90. The summed E-state index contributed by atoms with van der Waals surface area (Å²) in [6.45, 7) is 0.479. The van der Waals surface area contributed by atoms with E-state index in [9.17, 15) is 4.79 Å². The number of rotatable bonds is 2. The van der Waals surface area contributed by atoms with Crippen LogP contribution in [0, 0.1) is 0 Å². The average molecular weight is 269 g/mol. The first-order valence-electron chi connectivity index (χ1n) is 6.32. The predicted molar refractivity (Wildman–Crippen MR) is 78.3 cm³/mol. The fraction of sp³-hybridized carbons (Fsp3) is 0.133. The molecule has 0 radical (unpaired) electrons. The van der Waals surface area contributed by atoms with E-state index >= 15 is 0 Å². The van der Waals surface area contributed by atoms with Crippen LogP contribution in [-0.2, 0) is 4.74 Å². The van der Waals surface area contributed by atoms with E-state index in [1.807, 2.05) is 24.3 Å². The molecule has 102 valence electrons. The predicted octanol–water partition coefficient (Wildman–Crippen LogP) is 2.55. The Kier molecular flexibility index (Phi) is 2.95. The molecule has 0 saturated carbocycles. The Morgan fingerprint density at radius 3 is 2.10 bits per heavy atom. The summed E-state index contributed by atoms with van der Waals surface area (Å²) in [5, 5.41) is 0.